The van der Waals surface area contributed by atoms with Crippen LogP contribution in [0.3, 0.4) is 0 Å². The third-order valence-electron chi connectivity index (χ3n) is 4.92. The summed E-state index contributed by atoms with van der Waals surface area (Å²) < 4.78 is 0. The molecule has 1 rings (SSSR count). The standard InChI is InChI=1S/C16H33N3O2/c1-5-19-12-8-9-14(19)13-18(4)11-7-6-10-16(2,17-3)15(20)21/h14,17H,5-13H2,1-4H3,(H,20,21). The van der Waals surface area contributed by atoms with E-state index < -0.39 is 11.5 Å². The van der Waals surface area contributed by atoms with Gasteiger partial charge in [0.1, 0.15) is 5.54 Å². The number of carbonyl (C=O) groups is 1. The van der Waals surface area contributed by atoms with Crippen LogP contribution in [0.5, 0.6) is 0 Å². The quantitative estimate of drug-likeness (QED) is 0.601. The predicted molar refractivity (Wildman–Crippen MR) is 86.7 cm³/mol. The Hall–Kier alpha value is -0.650. The van der Waals surface area contributed by atoms with Gasteiger partial charge < -0.3 is 15.3 Å². The van der Waals surface area contributed by atoms with Crippen LogP contribution in [0.4, 0.5) is 0 Å². The molecule has 21 heavy (non-hydrogen) atoms. The Labute approximate surface area is 129 Å². The molecule has 124 valence electrons. The van der Waals surface area contributed by atoms with Crippen molar-refractivity contribution in [2.75, 3.05) is 40.3 Å². The number of aliphatic carboxylic acids is 1. The van der Waals surface area contributed by atoms with Crippen LogP contribution in [-0.4, -0.2) is 72.7 Å². The van der Waals surface area contributed by atoms with Gasteiger partial charge in [0, 0.05) is 12.6 Å². The van der Waals surface area contributed by atoms with Crippen LogP contribution < -0.4 is 5.32 Å². The molecule has 0 aromatic carbocycles. The zero-order valence-electron chi connectivity index (χ0n) is 14.2. The number of carboxylic acid groups (broad SMARTS) is 1. The summed E-state index contributed by atoms with van der Waals surface area (Å²) in [6, 6.07) is 0.710. The van der Waals surface area contributed by atoms with Gasteiger partial charge in [0.25, 0.3) is 0 Å². The van der Waals surface area contributed by atoms with E-state index in [-0.39, 0.29) is 0 Å². The fourth-order valence-corrected chi connectivity index (χ4v) is 3.17. The minimum absolute atomic E-state index is 0.678. The second-order valence-electron chi connectivity index (χ2n) is 6.53. The molecule has 1 heterocycles. The molecule has 0 bridgehead atoms. The maximum absolute atomic E-state index is 11.2. The van der Waals surface area contributed by atoms with Crippen molar-refractivity contribution < 1.29 is 9.90 Å². The Morgan fingerprint density at radius 3 is 2.76 bits per heavy atom. The summed E-state index contributed by atoms with van der Waals surface area (Å²) in [4.78, 5) is 16.2. The Balaban J connectivity index is 2.21. The first-order chi connectivity index (χ1) is 9.92. The number of nitrogens with zero attached hydrogens (tertiary/aromatic N) is 2. The van der Waals surface area contributed by atoms with Gasteiger partial charge in [-0.05, 0) is 72.8 Å². The molecule has 1 fully saturated rings. The number of likely N-dealkylation sites (N-methyl/N-ethyl adjacent to an activating group) is 3. The first-order valence-electron chi connectivity index (χ1n) is 8.28. The molecule has 1 aliphatic heterocycles. The molecule has 0 amide bonds. The number of unbranched alkanes of at least 4 members (excludes halogenated alkanes) is 1. The van der Waals surface area contributed by atoms with Crippen molar-refractivity contribution >= 4 is 5.97 Å². The molecule has 1 saturated heterocycles. The minimum Gasteiger partial charge on any atom is -0.480 e. The second-order valence-corrected chi connectivity index (χ2v) is 6.53. The fourth-order valence-electron chi connectivity index (χ4n) is 3.17. The monoisotopic (exact) mass is 299 g/mol. The molecule has 1 aliphatic rings. The Kier molecular flexibility index (Phi) is 7.63. The van der Waals surface area contributed by atoms with Crippen molar-refractivity contribution in [1.82, 2.24) is 15.1 Å². The first kappa shape index (κ1) is 18.4. The van der Waals surface area contributed by atoms with E-state index in [1.54, 1.807) is 14.0 Å². The second kappa shape index (κ2) is 8.71. The summed E-state index contributed by atoms with van der Waals surface area (Å²) in [5.41, 5.74) is -0.789. The highest BCUT2D eigenvalue weighted by Gasteiger charge is 2.30. The molecule has 5 heteroatoms. The number of likely N-dealkylation sites (tertiary alicyclic amines) is 1. The van der Waals surface area contributed by atoms with Gasteiger partial charge in [-0.3, -0.25) is 9.69 Å². The van der Waals surface area contributed by atoms with E-state index in [1.807, 2.05) is 0 Å². The van der Waals surface area contributed by atoms with Crippen molar-refractivity contribution in [2.24, 2.45) is 0 Å². The summed E-state index contributed by atoms with van der Waals surface area (Å²) in [5, 5.41) is 12.1. The molecule has 0 aromatic heterocycles. The average molecular weight is 299 g/mol. The number of nitrogens with one attached hydrogen (secondary N) is 1. The summed E-state index contributed by atoms with van der Waals surface area (Å²) in [7, 11) is 3.90. The van der Waals surface area contributed by atoms with Gasteiger partial charge in [-0.25, -0.2) is 0 Å². The summed E-state index contributed by atoms with van der Waals surface area (Å²) in [5.74, 6) is -0.761. The largest absolute Gasteiger partial charge is 0.480 e. The van der Waals surface area contributed by atoms with E-state index in [0.29, 0.717) is 12.5 Å². The van der Waals surface area contributed by atoms with Gasteiger partial charge in [-0.15, -0.1) is 0 Å². The Morgan fingerprint density at radius 2 is 2.19 bits per heavy atom. The molecule has 2 unspecified atom stereocenters. The summed E-state index contributed by atoms with van der Waals surface area (Å²) in [6.45, 7) is 8.58. The van der Waals surface area contributed by atoms with Crippen LogP contribution in [0.25, 0.3) is 0 Å². The highest BCUT2D eigenvalue weighted by Crippen LogP contribution is 2.18. The van der Waals surface area contributed by atoms with Gasteiger partial charge in [-0.1, -0.05) is 6.92 Å². The average Bonchev–Trinajstić information content (AvgIpc) is 2.90. The van der Waals surface area contributed by atoms with E-state index in [4.69, 9.17) is 0 Å². The molecular weight excluding hydrogens is 266 g/mol. The Morgan fingerprint density at radius 1 is 1.48 bits per heavy atom. The van der Waals surface area contributed by atoms with E-state index >= 15 is 0 Å². The number of carboxylic acids is 1. The van der Waals surface area contributed by atoms with Crippen LogP contribution in [0.1, 0.15) is 46.0 Å². The number of hydrogen-bond donors (Lipinski definition) is 2. The normalized spacial score (nSPS) is 22.6. The maximum atomic E-state index is 11.2. The lowest BCUT2D eigenvalue weighted by atomic mass is 9.95. The topological polar surface area (TPSA) is 55.8 Å². The van der Waals surface area contributed by atoms with E-state index in [0.717, 1.165) is 32.5 Å². The third-order valence-corrected chi connectivity index (χ3v) is 4.92. The van der Waals surface area contributed by atoms with Crippen LogP contribution >= 0.6 is 0 Å². The van der Waals surface area contributed by atoms with Crippen LogP contribution in [-0.2, 0) is 4.79 Å². The van der Waals surface area contributed by atoms with Crippen molar-refractivity contribution in [3.05, 3.63) is 0 Å². The summed E-state index contributed by atoms with van der Waals surface area (Å²) in [6.07, 6.45) is 5.31. The zero-order chi connectivity index (χ0) is 15.9. The lowest BCUT2D eigenvalue weighted by Crippen LogP contribution is -2.47. The van der Waals surface area contributed by atoms with Crippen molar-refractivity contribution in [3.8, 4) is 0 Å². The first-order valence-corrected chi connectivity index (χ1v) is 8.28. The van der Waals surface area contributed by atoms with Gasteiger partial charge in [0.05, 0.1) is 0 Å². The molecule has 2 N–H and O–H groups in total. The molecule has 0 spiro atoms. The van der Waals surface area contributed by atoms with Gasteiger partial charge >= 0.3 is 5.97 Å². The van der Waals surface area contributed by atoms with Crippen LogP contribution in [0.15, 0.2) is 0 Å². The molecule has 0 aromatic rings. The smallest absolute Gasteiger partial charge is 0.323 e. The van der Waals surface area contributed by atoms with Gasteiger partial charge in [-0.2, -0.15) is 0 Å². The summed E-state index contributed by atoms with van der Waals surface area (Å²) >= 11 is 0. The van der Waals surface area contributed by atoms with E-state index in [9.17, 15) is 9.90 Å². The highest BCUT2D eigenvalue weighted by atomic mass is 16.4. The van der Waals surface area contributed by atoms with Crippen molar-refractivity contribution in [2.45, 2.75) is 57.5 Å². The maximum Gasteiger partial charge on any atom is 0.323 e. The third kappa shape index (κ3) is 5.57. The van der Waals surface area contributed by atoms with Crippen molar-refractivity contribution in [1.29, 1.82) is 0 Å². The Bertz CT molecular complexity index is 325. The van der Waals surface area contributed by atoms with Crippen molar-refractivity contribution in [3.63, 3.8) is 0 Å². The molecule has 2 atom stereocenters. The number of rotatable bonds is 10. The van der Waals surface area contributed by atoms with E-state index in [1.165, 1.54) is 19.4 Å². The number of hydrogen-bond acceptors (Lipinski definition) is 4. The zero-order valence-corrected chi connectivity index (χ0v) is 14.2. The SMILES string of the molecule is CCN1CCCC1CN(C)CCCCC(C)(NC)C(=O)O. The minimum atomic E-state index is -0.789. The van der Waals surface area contributed by atoms with Gasteiger partial charge in [0.2, 0.25) is 0 Å². The van der Waals surface area contributed by atoms with Crippen LogP contribution in [0.2, 0.25) is 0 Å². The van der Waals surface area contributed by atoms with Gasteiger partial charge in [0.15, 0.2) is 0 Å². The van der Waals surface area contributed by atoms with E-state index in [2.05, 4.69) is 29.1 Å². The molecule has 0 radical (unpaired) electrons. The van der Waals surface area contributed by atoms with Crippen LogP contribution in [0, 0.1) is 0 Å². The predicted octanol–water partition coefficient (Wildman–Crippen LogP) is 1.64. The molecule has 5 nitrogen and oxygen atoms in total. The molecule has 0 aliphatic carbocycles. The molecule has 0 saturated carbocycles. The fraction of sp³-hybridized carbons (Fsp3) is 0.938. The lowest BCUT2D eigenvalue weighted by molar-refractivity contribution is -0.144. The lowest BCUT2D eigenvalue weighted by Gasteiger charge is -2.28. The molecular formula is C16H33N3O2. The highest BCUT2D eigenvalue weighted by molar-refractivity contribution is 5.78.